The highest BCUT2D eigenvalue weighted by atomic mass is 16.1. The third kappa shape index (κ3) is 3.81. The van der Waals surface area contributed by atoms with Gasteiger partial charge in [-0.1, -0.05) is 12.1 Å². The molecule has 1 amide bonds. The normalized spacial score (nSPS) is 15.1. The summed E-state index contributed by atoms with van der Waals surface area (Å²) in [7, 11) is 2.14. The van der Waals surface area contributed by atoms with E-state index in [1.165, 1.54) is 5.69 Å². The largest absolute Gasteiger partial charge is 0.369 e. The first-order valence-corrected chi connectivity index (χ1v) is 8.06. The third-order valence-corrected chi connectivity index (χ3v) is 4.30. The summed E-state index contributed by atoms with van der Waals surface area (Å²) in [6.07, 6.45) is 0.763. The summed E-state index contributed by atoms with van der Waals surface area (Å²) in [5.41, 5.74) is 3.03. The van der Waals surface area contributed by atoms with E-state index in [0.29, 0.717) is 11.1 Å². The molecule has 24 heavy (non-hydrogen) atoms. The number of piperazine rings is 1. The molecule has 0 spiro atoms. The Bertz CT molecular complexity index is 702. The molecule has 0 bridgehead atoms. The fourth-order valence-corrected chi connectivity index (χ4v) is 2.74. The van der Waals surface area contributed by atoms with Crippen molar-refractivity contribution in [1.82, 2.24) is 4.90 Å². The van der Waals surface area contributed by atoms with Crippen LogP contribution >= 0.6 is 0 Å². The predicted octanol–water partition coefficient (Wildman–Crippen LogP) is 2.50. The van der Waals surface area contributed by atoms with E-state index in [1.807, 2.05) is 24.3 Å². The van der Waals surface area contributed by atoms with E-state index in [4.69, 9.17) is 0 Å². The molecule has 0 atom stereocenters. The summed E-state index contributed by atoms with van der Waals surface area (Å²) in [6.45, 7) is 4.17. The van der Waals surface area contributed by atoms with Crippen LogP contribution < -0.4 is 10.2 Å². The van der Waals surface area contributed by atoms with Gasteiger partial charge in [0, 0.05) is 48.7 Å². The van der Waals surface area contributed by atoms with Crippen LogP contribution in [-0.4, -0.2) is 50.3 Å². The molecule has 0 radical (unpaired) electrons. The van der Waals surface area contributed by atoms with Crippen LogP contribution in [0, 0.1) is 0 Å². The van der Waals surface area contributed by atoms with Gasteiger partial charge in [0.25, 0.3) is 5.91 Å². The van der Waals surface area contributed by atoms with Gasteiger partial charge in [-0.2, -0.15) is 0 Å². The Labute approximate surface area is 141 Å². The summed E-state index contributed by atoms with van der Waals surface area (Å²) >= 11 is 0. The lowest BCUT2D eigenvalue weighted by Crippen LogP contribution is -2.44. The average Bonchev–Trinajstić information content (AvgIpc) is 2.63. The number of likely N-dealkylation sites (N-methyl/N-ethyl adjacent to an activating group) is 1. The van der Waals surface area contributed by atoms with E-state index in [0.717, 1.165) is 38.2 Å². The van der Waals surface area contributed by atoms with Crippen molar-refractivity contribution in [2.24, 2.45) is 0 Å². The van der Waals surface area contributed by atoms with Gasteiger partial charge in [-0.15, -0.1) is 0 Å². The standard InChI is InChI=1S/C19H21N3O2/c1-21-10-12-22(13-11-21)18-8-6-17(7-9-18)20-19(24)16-4-2-15(14-23)3-5-16/h2-9,14H,10-13H2,1H3,(H,20,24). The van der Waals surface area contributed by atoms with E-state index in [1.54, 1.807) is 24.3 Å². The lowest BCUT2D eigenvalue weighted by atomic mass is 10.1. The highest BCUT2D eigenvalue weighted by molar-refractivity contribution is 6.04. The molecule has 2 aromatic rings. The number of nitrogens with one attached hydrogen (secondary N) is 1. The molecule has 5 heteroatoms. The van der Waals surface area contributed by atoms with Crippen LogP contribution in [0.1, 0.15) is 20.7 Å². The second-order valence-electron chi connectivity index (χ2n) is 6.03. The van der Waals surface area contributed by atoms with E-state index < -0.39 is 0 Å². The van der Waals surface area contributed by atoms with Crippen molar-refractivity contribution in [3.63, 3.8) is 0 Å². The second-order valence-corrected chi connectivity index (χ2v) is 6.03. The molecule has 1 fully saturated rings. The topological polar surface area (TPSA) is 52.6 Å². The number of hydrogen-bond donors (Lipinski definition) is 1. The quantitative estimate of drug-likeness (QED) is 0.879. The number of carbonyl (C=O) groups is 2. The summed E-state index contributed by atoms with van der Waals surface area (Å²) < 4.78 is 0. The van der Waals surface area contributed by atoms with Gasteiger partial charge in [-0.05, 0) is 43.4 Å². The van der Waals surface area contributed by atoms with Gasteiger partial charge < -0.3 is 15.1 Å². The number of nitrogens with zero attached hydrogens (tertiary/aromatic N) is 2. The maximum absolute atomic E-state index is 12.2. The van der Waals surface area contributed by atoms with Gasteiger partial charge in [0.15, 0.2) is 0 Å². The molecule has 0 unspecified atom stereocenters. The van der Waals surface area contributed by atoms with Crippen LogP contribution in [0.25, 0.3) is 0 Å². The molecular weight excluding hydrogens is 302 g/mol. The van der Waals surface area contributed by atoms with Gasteiger partial charge in [0.2, 0.25) is 0 Å². The SMILES string of the molecule is CN1CCN(c2ccc(NC(=O)c3ccc(C=O)cc3)cc2)CC1. The number of carbonyl (C=O) groups excluding carboxylic acids is 2. The highest BCUT2D eigenvalue weighted by Gasteiger charge is 2.14. The minimum Gasteiger partial charge on any atom is -0.369 e. The van der Waals surface area contributed by atoms with Gasteiger partial charge in [0.05, 0.1) is 0 Å². The number of amides is 1. The summed E-state index contributed by atoms with van der Waals surface area (Å²) in [6, 6.07) is 14.5. The van der Waals surface area contributed by atoms with Gasteiger partial charge in [0.1, 0.15) is 6.29 Å². The van der Waals surface area contributed by atoms with Crippen LogP contribution in [-0.2, 0) is 0 Å². The van der Waals surface area contributed by atoms with E-state index >= 15 is 0 Å². The molecule has 5 nitrogen and oxygen atoms in total. The molecule has 1 N–H and O–H groups in total. The van der Waals surface area contributed by atoms with Crippen LogP contribution in [0.2, 0.25) is 0 Å². The molecule has 3 rings (SSSR count). The molecule has 1 heterocycles. The van der Waals surface area contributed by atoms with Crippen LogP contribution in [0.4, 0.5) is 11.4 Å². The lowest BCUT2D eigenvalue weighted by Gasteiger charge is -2.34. The Balaban J connectivity index is 1.63. The van der Waals surface area contributed by atoms with Crippen molar-refractivity contribution in [2.45, 2.75) is 0 Å². The van der Waals surface area contributed by atoms with E-state index in [9.17, 15) is 9.59 Å². The molecule has 2 aromatic carbocycles. The monoisotopic (exact) mass is 323 g/mol. The van der Waals surface area contributed by atoms with Crippen molar-refractivity contribution in [2.75, 3.05) is 43.4 Å². The zero-order valence-corrected chi connectivity index (χ0v) is 13.7. The predicted molar refractivity (Wildman–Crippen MR) is 95.9 cm³/mol. The zero-order valence-electron chi connectivity index (χ0n) is 13.7. The van der Waals surface area contributed by atoms with Crippen LogP contribution in [0.3, 0.4) is 0 Å². The maximum atomic E-state index is 12.2. The average molecular weight is 323 g/mol. The van der Waals surface area contributed by atoms with Crippen LogP contribution in [0.15, 0.2) is 48.5 Å². The zero-order chi connectivity index (χ0) is 16.9. The molecule has 0 saturated carbocycles. The molecular formula is C19H21N3O2. The first-order valence-electron chi connectivity index (χ1n) is 8.06. The number of aldehydes is 1. The van der Waals surface area contributed by atoms with Gasteiger partial charge >= 0.3 is 0 Å². The first kappa shape index (κ1) is 16.2. The van der Waals surface area contributed by atoms with Gasteiger partial charge in [-0.3, -0.25) is 9.59 Å². The molecule has 0 aromatic heterocycles. The summed E-state index contributed by atoms with van der Waals surface area (Å²) in [5, 5.41) is 2.88. The fourth-order valence-electron chi connectivity index (χ4n) is 2.74. The number of rotatable bonds is 4. The van der Waals surface area contributed by atoms with E-state index in [-0.39, 0.29) is 5.91 Å². The Morgan fingerprint density at radius 1 is 0.958 bits per heavy atom. The first-order chi connectivity index (χ1) is 11.7. The maximum Gasteiger partial charge on any atom is 0.255 e. The van der Waals surface area contributed by atoms with Crippen LogP contribution in [0.5, 0.6) is 0 Å². The number of benzene rings is 2. The van der Waals surface area contributed by atoms with Crippen molar-refractivity contribution in [3.8, 4) is 0 Å². The third-order valence-electron chi connectivity index (χ3n) is 4.30. The summed E-state index contributed by atoms with van der Waals surface area (Å²) in [5.74, 6) is -0.181. The minimum absolute atomic E-state index is 0.181. The molecule has 1 aliphatic heterocycles. The second kappa shape index (κ2) is 7.27. The van der Waals surface area contributed by atoms with Crippen molar-refractivity contribution < 1.29 is 9.59 Å². The summed E-state index contributed by atoms with van der Waals surface area (Å²) in [4.78, 5) is 27.5. The highest BCUT2D eigenvalue weighted by Crippen LogP contribution is 2.19. The number of hydrogen-bond acceptors (Lipinski definition) is 4. The lowest BCUT2D eigenvalue weighted by molar-refractivity contribution is 0.102. The van der Waals surface area contributed by atoms with Crippen molar-refractivity contribution >= 4 is 23.6 Å². The van der Waals surface area contributed by atoms with E-state index in [2.05, 4.69) is 22.2 Å². The number of anilines is 2. The van der Waals surface area contributed by atoms with Gasteiger partial charge in [-0.25, -0.2) is 0 Å². The Morgan fingerprint density at radius 2 is 1.58 bits per heavy atom. The molecule has 1 saturated heterocycles. The molecule has 0 aliphatic carbocycles. The van der Waals surface area contributed by atoms with Crippen molar-refractivity contribution in [3.05, 3.63) is 59.7 Å². The Kier molecular flexibility index (Phi) is 4.91. The fraction of sp³-hybridized carbons (Fsp3) is 0.263. The smallest absolute Gasteiger partial charge is 0.255 e. The van der Waals surface area contributed by atoms with Crippen molar-refractivity contribution in [1.29, 1.82) is 0 Å². The minimum atomic E-state index is -0.181. The molecule has 1 aliphatic rings. The Morgan fingerprint density at radius 3 is 2.17 bits per heavy atom. The molecule has 124 valence electrons. The Hall–Kier alpha value is -2.66.